The normalized spacial score (nSPS) is 14.5. The fourth-order valence-electron chi connectivity index (χ4n) is 2.69. The molecular formula is C15H15N9. The van der Waals surface area contributed by atoms with Crippen LogP contribution in [0.1, 0.15) is 11.5 Å². The van der Waals surface area contributed by atoms with Crippen LogP contribution < -0.4 is 9.80 Å². The number of aromatic nitrogens is 6. The molecule has 3 aromatic heterocycles. The third-order valence-electron chi connectivity index (χ3n) is 4.25. The molecule has 0 aromatic carbocycles. The maximum atomic E-state index is 8.78. The molecule has 9 heteroatoms. The van der Waals surface area contributed by atoms with Gasteiger partial charge < -0.3 is 9.80 Å². The molecule has 0 aliphatic carbocycles. The highest BCUT2D eigenvalue weighted by molar-refractivity contribution is 5.50. The third-order valence-corrected chi connectivity index (χ3v) is 4.25. The SMILES string of the molecule is Cc1nnc2ccc(N3CC(N(C)c4cnc(C#N)cn4)C3)nn12. The molecular weight excluding hydrogens is 306 g/mol. The van der Waals surface area contributed by atoms with Crippen LogP contribution in [0, 0.1) is 18.3 Å². The summed E-state index contributed by atoms with van der Waals surface area (Å²) in [5.74, 6) is 2.44. The molecule has 0 N–H and O–H groups in total. The van der Waals surface area contributed by atoms with Crippen molar-refractivity contribution >= 4 is 17.3 Å². The van der Waals surface area contributed by atoms with Crippen molar-refractivity contribution in [3.63, 3.8) is 0 Å². The van der Waals surface area contributed by atoms with Crippen molar-refractivity contribution in [1.82, 2.24) is 29.8 Å². The van der Waals surface area contributed by atoms with E-state index in [1.807, 2.05) is 32.2 Å². The van der Waals surface area contributed by atoms with Crippen LogP contribution in [-0.2, 0) is 0 Å². The molecule has 0 unspecified atom stereocenters. The number of rotatable bonds is 3. The Kier molecular flexibility index (Phi) is 3.23. The Morgan fingerprint density at radius 1 is 1.21 bits per heavy atom. The molecule has 0 spiro atoms. The van der Waals surface area contributed by atoms with Crippen LogP contribution in [0.5, 0.6) is 0 Å². The average Bonchev–Trinajstić information content (AvgIpc) is 2.94. The molecule has 0 atom stereocenters. The fourth-order valence-corrected chi connectivity index (χ4v) is 2.69. The second kappa shape index (κ2) is 5.42. The van der Waals surface area contributed by atoms with Crippen LogP contribution in [0.3, 0.4) is 0 Å². The van der Waals surface area contributed by atoms with Crippen LogP contribution in [0.15, 0.2) is 24.5 Å². The lowest BCUT2D eigenvalue weighted by atomic mass is 10.1. The van der Waals surface area contributed by atoms with Crippen molar-refractivity contribution in [3.8, 4) is 6.07 Å². The van der Waals surface area contributed by atoms with Crippen LogP contribution >= 0.6 is 0 Å². The maximum Gasteiger partial charge on any atom is 0.178 e. The number of aryl methyl sites for hydroxylation is 1. The molecule has 0 bridgehead atoms. The highest BCUT2D eigenvalue weighted by Crippen LogP contribution is 2.23. The molecule has 0 amide bonds. The van der Waals surface area contributed by atoms with Crippen LogP contribution in [0.4, 0.5) is 11.6 Å². The van der Waals surface area contributed by atoms with E-state index in [-0.39, 0.29) is 0 Å². The zero-order chi connectivity index (χ0) is 16.7. The summed E-state index contributed by atoms with van der Waals surface area (Å²) in [7, 11) is 1.98. The van der Waals surface area contributed by atoms with Gasteiger partial charge in [-0.1, -0.05) is 0 Å². The summed E-state index contributed by atoms with van der Waals surface area (Å²) in [5, 5.41) is 21.4. The molecule has 0 saturated carbocycles. The minimum absolute atomic E-state index is 0.323. The maximum absolute atomic E-state index is 8.78. The number of nitriles is 1. The Hall–Kier alpha value is -3.28. The van der Waals surface area contributed by atoms with Gasteiger partial charge in [-0.15, -0.1) is 15.3 Å². The largest absolute Gasteiger partial charge is 0.352 e. The molecule has 1 aliphatic heterocycles. The highest BCUT2D eigenvalue weighted by Gasteiger charge is 2.32. The number of fused-ring (bicyclic) bond motifs is 1. The van der Waals surface area contributed by atoms with Gasteiger partial charge in [-0.25, -0.2) is 9.97 Å². The molecule has 1 aliphatic rings. The highest BCUT2D eigenvalue weighted by atomic mass is 15.4. The van der Waals surface area contributed by atoms with E-state index in [0.29, 0.717) is 11.7 Å². The standard InChI is InChI=1S/C15H15N9/c1-10-19-20-13-3-4-14(21-24(10)13)23-8-12(9-23)22(2)15-7-17-11(5-16)6-18-15/h3-4,6-7,12H,8-9H2,1-2H3. The van der Waals surface area contributed by atoms with E-state index in [0.717, 1.165) is 36.2 Å². The minimum Gasteiger partial charge on any atom is -0.352 e. The zero-order valence-electron chi connectivity index (χ0n) is 13.3. The van der Waals surface area contributed by atoms with E-state index in [1.54, 1.807) is 10.7 Å². The van der Waals surface area contributed by atoms with Crippen molar-refractivity contribution in [2.45, 2.75) is 13.0 Å². The number of anilines is 2. The third kappa shape index (κ3) is 2.28. The van der Waals surface area contributed by atoms with Crippen molar-refractivity contribution in [3.05, 3.63) is 36.0 Å². The quantitative estimate of drug-likeness (QED) is 0.684. The lowest BCUT2D eigenvalue weighted by molar-refractivity contribution is 0.486. The number of nitrogens with zero attached hydrogens (tertiary/aromatic N) is 9. The summed E-state index contributed by atoms with van der Waals surface area (Å²) >= 11 is 0. The van der Waals surface area contributed by atoms with Crippen LogP contribution in [0.25, 0.3) is 5.65 Å². The Morgan fingerprint density at radius 2 is 2.04 bits per heavy atom. The second-order valence-corrected chi connectivity index (χ2v) is 5.75. The van der Waals surface area contributed by atoms with Gasteiger partial charge in [0, 0.05) is 20.1 Å². The fraction of sp³-hybridized carbons (Fsp3) is 0.333. The monoisotopic (exact) mass is 321 g/mol. The molecule has 4 heterocycles. The van der Waals surface area contributed by atoms with Crippen molar-refractivity contribution in [2.24, 2.45) is 0 Å². The van der Waals surface area contributed by atoms with Crippen molar-refractivity contribution in [2.75, 3.05) is 29.9 Å². The number of hydrogen-bond acceptors (Lipinski definition) is 8. The molecule has 1 fully saturated rings. The van der Waals surface area contributed by atoms with Crippen LogP contribution in [0.2, 0.25) is 0 Å². The van der Waals surface area contributed by atoms with E-state index in [4.69, 9.17) is 5.26 Å². The van der Waals surface area contributed by atoms with E-state index in [9.17, 15) is 0 Å². The Labute approximate surface area is 138 Å². The van der Waals surface area contributed by atoms with Gasteiger partial charge in [0.25, 0.3) is 0 Å². The molecule has 0 radical (unpaired) electrons. The summed E-state index contributed by atoms with van der Waals surface area (Å²) in [4.78, 5) is 12.6. The topological polar surface area (TPSA) is 99.1 Å². The van der Waals surface area contributed by atoms with Crippen LogP contribution in [-0.4, -0.2) is 56.0 Å². The molecule has 24 heavy (non-hydrogen) atoms. The molecule has 1 saturated heterocycles. The molecule has 120 valence electrons. The predicted octanol–water partition coefficient (Wildman–Crippen LogP) is 0.419. The second-order valence-electron chi connectivity index (χ2n) is 5.75. The van der Waals surface area contributed by atoms with Gasteiger partial charge in [-0.2, -0.15) is 9.78 Å². The lowest BCUT2D eigenvalue weighted by Gasteiger charge is -2.44. The summed E-state index contributed by atoms with van der Waals surface area (Å²) < 4.78 is 1.75. The van der Waals surface area contributed by atoms with Gasteiger partial charge in [-0.05, 0) is 19.1 Å². The van der Waals surface area contributed by atoms with E-state index < -0.39 is 0 Å². The smallest absolute Gasteiger partial charge is 0.178 e. The van der Waals surface area contributed by atoms with E-state index >= 15 is 0 Å². The first-order chi connectivity index (χ1) is 11.7. The summed E-state index contributed by atoms with van der Waals surface area (Å²) in [6, 6.07) is 6.18. The number of likely N-dealkylation sites (N-methyl/N-ethyl adjacent to an activating group) is 1. The summed E-state index contributed by atoms with van der Waals surface area (Å²) in [6.07, 6.45) is 3.12. The molecule has 9 nitrogen and oxygen atoms in total. The Balaban J connectivity index is 1.46. The van der Waals surface area contributed by atoms with E-state index in [1.165, 1.54) is 6.20 Å². The summed E-state index contributed by atoms with van der Waals surface area (Å²) in [6.45, 7) is 3.57. The van der Waals surface area contributed by atoms with Gasteiger partial charge >= 0.3 is 0 Å². The van der Waals surface area contributed by atoms with Crippen molar-refractivity contribution in [1.29, 1.82) is 5.26 Å². The van der Waals surface area contributed by atoms with Gasteiger partial charge in [-0.3, -0.25) is 0 Å². The average molecular weight is 321 g/mol. The van der Waals surface area contributed by atoms with Gasteiger partial charge in [0.1, 0.15) is 17.7 Å². The molecule has 4 rings (SSSR count). The van der Waals surface area contributed by atoms with E-state index in [2.05, 4.69) is 35.1 Å². The van der Waals surface area contributed by atoms with Gasteiger partial charge in [0.2, 0.25) is 0 Å². The first-order valence-corrected chi connectivity index (χ1v) is 7.54. The first-order valence-electron chi connectivity index (χ1n) is 7.54. The Bertz CT molecular complexity index is 918. The molecule has 3 aromatic rings. The number of hydrogen-bond donors (Lipinski definition) is 0. The summed E-state index contributed by atoms with van der Waals surface area (Å²) in [5.41, 5.74) is 1.07. The van der Waals surface area contributed by atoms with Gasteiger partial charge in [0.15, 0.2) is 17.2 Å². The van der Waals surface area contributed by atoms with Gasteiger partial charge in [0.05, 0.1) is 18.4 Å². The minimum atomic E-state index is 0.323. The Morgan fingerprint density at radius 3 is 2.75 bits per heavy atom. The first kappa shape index (κ1) is 14.3. The lowest BCUT2D eigenvalue weighted by Crippen LogP contribution is -2.59. The zero-order valence-corrected chi connectivity index (χ0v) is 13.3. The van der Waals surface area contributed by atoms with Crippen molar-refractivity contribution < 1.29 is 0 Å². The predicted molar refractivity (Wildman–Crippen MR) is 86.7 cm³/mol.